The Balaban J connectivity index is 1.54. The molecule has 47 heavy (non-hydrogen) atoms. The van der Waals surface area contributed by atoms with Gasteiger partial charge in [-0.1, -0.05) is 42.5 Å². The molecule has 3 rings (SSSR count). The van der Waals surface area contributed by atoms with Crippen molar-refractivity contribution in [3.05, 3.63) is 48.0 Å². The maximum Gasteiger partial charge on any atom is 0.326 e. The van der Waals surface area contributed by atoms with Gasteiger partial charge in [0.15, 0.2) is 0 Å². The van der Waals surface area contributed by atoms with Crippen LogP contribution >= 0.6 is 0 Å². The Labute approximate surface area is 272 Å². The molecule has 0 bridgehead atoms. The Morgan fingerprint density at radius 3 is 2.02 bits per heavy atom. The monoisotopic (exact) mass is 655 g/mol. The van der Waals surface area contributed by atoms with Gasteiger partial charge in [0.2, 0.25) is 11.8 Å². The fourth-order valence-electron chi connectivity index (χ4n) is 5.71. The van der Waals surface area contributed by atoms with Crippen LogP contribution in [0.5, 0.6) is 0 Å². The highest BCUT2D eigenvalue weighted by Crippen LogP contribution is 2.28. The summed E-state index contributed by atoms with van der Waals surface area (Å²) >= 11 is 0. The first kappa shape index (κ1) is 36.7. The Hall–Kier alpha value is -4.72. The summed E-state index contributed by atoms with van der Waals surface area (Å²) in [6, 6.07) is 9.04. The van der Waals surface area contributed by atoms with Crippen LogP contribution in [0.3, 0.4) is 0 Å². The van der Waals surface area contributed by atoms with Crippen LogP contribution in [0.1, 0.15) is 63.4 Å². The first-order chi connectivity index (χ1) is 22.5. The van der Waals surface area contributed by atoms with E-state index < -0.39 is 48.5 Å². The smallest absolute Gasteiger partial charge is 0.326 e. The minimum Gasteiger partial charge on any atom is -0.481 e. The molecule has 0 radical (unpaired) electrons. The van der Waals surface area contributed by atoms with Crippen LogP contribution in [-0.2, 0) is 30.4 Å². The predicted molar refractivity (Wildman–Crippen MR) is 172 cm³/mol. The van der Waals surface area contributed by atoms with Crippen LogP contribution in [0.2, 0.25) is 0 Å². The van der Waals surface area contributed by atoms with E-state index in [1.807, 2.05) is 42.5 Å². The zero-order valence-corrected chi connectivity index (χ0v) is 26.3. The molecule has 14 heteroatoms. The van der Waals surface area contributed by atoms with Crippen LogP contribution in [0.4, 0.5) is 4.79 Å². The quantitative estimate of drug-likeness (QED) is 0.109. The van der Waals surface area contributed by atoms with Crippen molar-refractivity contribution in [3.8, 4) is 0 Å². The summed E-state index contributed by atoms with van der Waals surface area (Å²) < 4.78 is 0. The number of hydrogen-bond donors (Lipinski definition) is 8. The molecule has 0 spiro atoms. The van der Waals surface area contributed by atoms with Crippen molar-refractivity contribution >= 4 is 46.5 Å². The summed E-state index contributed by atoms with van der Waals surface area (Å²) in [6.45, 7) is 0.789. The van der Waals surface area contributed by atoms with Gasteiger partial charge in [-0.05, 0) is 80.2 Å². The van der Waals surface area contributed by atoms with Crippen LogP contribution in [0.25, 0.3) is 10.8 Å². The van der Waals surface area contributed by atoms with Gasteiger partial charge in [0.1, 0.15) is 18.1 Å². The minimum absolute atomic E-state index is 0.00574. The van der Waals surface area contributed by atoms with E-state index in [-0.39, 0.29) is 43.5 Å². The first-order valence-electron chi connectivity index (χ1n) is 16.0. The van der Waals surface area contributed by atoms with E-state index in [2.05, 4.69) is 21.3 Å². The molecule has 2 aromatic rings. The molecular weight excluding hydrogens is 610 g/mol. The summed E-state index contributed by atoms with van der Waals surface area (Å²) in [6.07, 6.45) is 3.26. The molecule has 0 aliphatic heterocycles. The van der Waals surface area contributed by atoms with E-state index in [1.54, 1.807) is 0 Å². The maximum atomic E-state index is 13.3. The molecule has 1 saturated carbocycles. The molecule has 256 valence electrons. The predicted octanol–water partition coefficient (Wildman–Crippen LogP) is 1.99. The normalized spacial score (nSPS) is 17.9. The Bertz CT molecular complexity index is 1410. The molecule has 3 atom stereocenters. The van der Waals surface area contributed by atoms with Crippen LogP contribution < -0.4 is 27.0 Å². The highest BCUT2D eigenvalue weighted by molar-refractivity contribution is 5.89. The molecule has 2 aromatic carbocycles. The van der Waals surface area contributed by atoms with Crippen molar-refractivity contribution in [2.45, 2.75) is 82.3 Å². The maximum absolute atomic E-state index is 13.3. The number of nitrogens with two attached hydrogens (primary N) is 1. The zero-order chi connectivity index (χ0) is 34.3. The number of carboxylic acids is 3. The van der Waals surface area contributed by atoms with Crippen molar-refractivity contribution in [3.63, 3.8) is 0 Å². The number of amides is 4. The van der Waals surface area contributed by atoms with Gasteiger partial charge in [-0.2, -0.15) is 0 Å². The fraction of sp³-hybridized carbons (Fsp3) is 0.515. The molecule has 0 heterocycles. The average Bonchev–Trinajstić information content (AvgIpc) is 3.05. The van der Waals surface area contributed by atoms with E-state index >= 15 is 0 Å². The molecule has 14 nitrogen and oxygen atoms in total. The molecule has 2 unspecified atom stereocenters. The third-order valence-corrected chi connectivity index (χ3v) is 8.51. The summed E-state index contributed by atoms with van der Waals surface area (Å²) in [4.78, 5) is 72.5. The van der Waals surface area contributed by atoms with Crippen molar-refractivity contribution < 1.29 is 44.1 Å². The summed E-state index contributed by atoms with van der Waals surface area (Å²) in [5, 5.41) is 39.7. The third-order valence-electron chi connectivity index (χ3n) is 8.51. The average molecular weight is 656 g/mol. The van der Waals surface area contributed by atoms with Crippen molar-refractivity contribution in [1.82, 2.24) is 21.3 Å². The van der Waals surface area contributed by atoms with Gasteiger partial charge in [0.05, 0.1) is 0 Å². The number of fused-ring (bicyclic) bond motifs is 1. The van der Waals surface area contributed by atoms with Crippen LogP contribution in [-0.4, -0.2) is 82.3 Å². The number of aliphatic carboxylic acids is 3. The first-order valence-corrected chi connectivity index (χ1v) is 16.0. The third kappa shape index (κ3) is 12.2. The van der Waals surface area contributed by atoms with Gasteiger partial charge in [-0.3, -0.25) is 14.4 Å². The van der Waals surface area contributed by atoms with E-state index in [4.69, 9.17) is 10.8 Å². The van der Waals surface area contributed by atoms with Gasteiger partial charge in [-0.25, -0.2) is 14.4 Å². The second kappa shape index (κ2) is 18.4. The number of benzene rings is 2. The molecule has 0 saturated heterocycles. The number of nitrogens with one attached hydrogen (secondary N) is 4. The van der Waals surface area contributed by atoms with E-state index in [0.29, 0.717) is 38.1 Å². The molecule has 4 amide bonds. The summed E-state index contributed by atoms with van der Waals surface area (Å²) in [7, 11) is 0. The zero-order valence-electron chi connectivity index (χ0n) is 26.3. The number of urea groups is 1. The second-order valence-corrected chi connectivity index (χ2v) is 12.0. The highest BCUT2D eigenvalue weighted by atomic mass is 16.4. The van der Waals surface area contributed by atoms with Crippen LogP contribution in [0.15, 0.2) is 42.5 Å². The van der Waals surface area contributed by atoms with Crippen molar-refractivity contribution in [2.24, 2.45) is 17.6 Å². The minimum atomic E-state index is -1.50. The molecule has 1 aliphatic carbocycles. The Morgan fingerprint density at radius 2 is 1.40 bits per heavy atom. The Kier molecular flexibility index (Phi) is 14.4. The second-order valence-electron chi connectivity index (χ2n) is 12.0. The molecule has 9 N–H and O–H groups in total. The molecule has 0 aromatic heterocycles. The lowest BCUT2D eigenvalue weighted by Crippen LogP contribution is -2.51. The van der Waals surface area contributed by atoms with E-state index in [0.717, 1.165) is 29.2 Å². The number of unbranched alkanes of at least 4 members (excludes halogenated alkanes) is 1. The lowest BCUT2D eigenvalue weighted by molar-refractivity contribution is -0.141. The van der Waals surface area contributed by atoms with Gasteiger partial charge < -0.3 is 42.3 Å². The SMILES string of the molecule is NCC1CCC(C(=O)NC(Cc2ccc3ccccc3c2)C(=O)NCCCCC(NC(=O)N[C@@H](CCC(=O)O)C(=O)O)C(=O)O)CC1. The molecule has 1 fully saturated rings. The standard InChI is InChI=1S/C33H45N5O9/c34-19-20-8-12-23(13-9-20)29(41)36-27(18-21-10-11-22-5-1-2-6-24(22)17-21)30(42)35-16-4-3-7-25(31(43)44)37-33(47)38-26(32(45)46)14-15-28(39)40/h1-2,5-6,10-11,17,20,23,25-27H,3-4,7-9,12-16,18-19,34H2,(H,35,42)(H,36,41)(H,39,40)(H,43,44)(H,45,46)(H2,37,38,47)/t20?,23?,25?,26-,27?/m0/s1. The number of rotatable bonds is 18. The largest absolute Gasteiger partial charge is 0.481 e. The summed E-state index contributed by atoms with van der Waals surface area (Å²) in [5.74, 6) is -4.32. The van der Waals surface area contributed by atoms with Crippen LogP contribution in [0, 0.1) is 11.8 Å². The van der Waals surface area contributed by atoms with Gasteiger partial charge in [-0.15, -0.1) is 0 Å². The number of carbonyl (C=O) groups is 6. The lowest BCUT2D eigenvalue weighted by atomic mass is 9.81. The number of carboxylic acid groups (broad SMARTS) is 3. The van der Waals surface area contributed by atoms with Crippen molar-refractivity contribution in [1.29, 1.82) is 0 Å². The molecule has 1 aliphatic rings. The highest BCUT2D eigenvalue weighted by Gasteiger charge is 2.29. The number of carbonyl (C=O) groups excluding carboxylic acids is 3. The van der Waals surface area contributed by atoms with Crippen molar-refractivity contribution in [2.75, 3.05) is 13.1 Å². The lowest BCUT2D eigenvalue weighted by Gasteiger charge is -2.28. The van der Waals surface area contributed by atoms with Gasteiger partial charge in [0.25, 0.3) is 0 Å². The van der Waals surface area contributed by atoms with E-state index in [1.165, 1.54) is 0 Å². The Morgan fingerprint density at radius 1 is 0.766 bits per heavy atom. The number of hydrogen-bond acceptors (Lipinski definition) is 7. The van der Waals surface area contributed by atoms with Gasteiger partial charge in [0, 0.05) is 25.3 Å². The van der Waals surface area contributed by atoms with E-state index in [9.17, 15) is 39.0 Å². The van der Waals surface area contributed by atoms with Gasteiger partial charge >= 0.3 is 23.9 Å². The fourth-order valence-corrected chi connectivity index (χ4v) is 5.71. The topological polar surface area (TPSA) is 237 Å². The molecular formula is C33H45N5O9. The summed E-state index contributed by atoms with van der Waals surface area (Å²) in [5.41, 5.74) is 6.68.